The summed E-state index contributed by atoms with van der Waals surface area (Å²) in [5.41, 5.74) is 0.846. The van der Waals surface area contributed by atoms with Crippen LogP contribution in [-0.4, -0.2) is 4.98 Å². The lowest BCUT2D eigenvalue weighted by atomic mass is 10.1. The quantitative estimate of drug-likeness (QED) is 0.936. The van der Waals surface area contributed by atoms with Gasteiger partial charge in [-0.3, -0.25) is 0 Å². The molecule has 1 heterocycles. The summed E-state index contributed by atoms with van der Waals surface area (Å²) in [6.07, 6.45) is 0. The van der Waals surface area contributed by atoms with Gasteiger partial charge < -0.3 is 5.32 Å². The summed E-state index contributed by atoms with van der Waals surface area (Å²) in [5, 5.41) is 14.3. The Morgan fingerprint density at radius 3 is 2.53 bits per heavy atom. The summed E-state index contributed by atoms with van der Waals surface area (Å²) in [7, 11) is 0. The lowest BCUT2D eigenvalue weighted by molar-refractivity contribution is 0.534. The monoisotopic (exact) mass is 279 g/mol. The molecule has 1 aromatic heterocycles. The van der Waals surface area contributed by atoms with Gasteiger partial charge >= 0.3 is 0 Å². The van der Waals surface area contributed by atoms with Crippen molar-refractivity contribution >= 4 is 11.3 Å². The van der Waals surface area contributed by atoms with Crippen LogP contribution in [0.2, 0.25) is 0 Å². The molecule has 0 unspecified atom stereocenters. The number of halogens is 2. The molecule has 0 bridgehead atoms. The van der Waals surface area contributed by atoms with Gasteiger partial charge in [-0.15, -0.1) is 11.3 Å². The van der Waals surface area contributed by atoms with Gasteiger partial charge in [0.25, 0.3) is 0 Å². The van der Waals surface area contributed by atoms with Crippen LogP contribution in [0.5, 0.6) is 0 Å². The molecular weight excluding hydrogens is 268 g/mol. The van der Waals surface area contributed by atoms with Crippen LogP contribution in [-0.2, 0) is 13.1 Å². The second-order valence-corrected chi connectivity index (χ2v) is 4.96. The largest absolute Gasteiger partial charge is 0.306 e. The van der Waals surface area contributed by atoms with Crippen molar-refractivity contribution in [3.05, 3.63) is 51.0 Å². The Balaban J connectivity index is 2.02. The van der Waals surface area contributed by atoms with E-state index < -0.39 is 11.6 Å². The molecular formula is C13H11F2N3S. The van der Waals surface area contributed by atoms with E-state index in [1.54, 1.807) is 6.07 Å². The Hall–Kier alpha value is -1.84. The molecule has 6 heteroatoms. The Bertz CT molecular complexity index is 608. The number of hydrogen-bond acceptors (Lipinski definition) is 4. The highest BCUT2D eigenvalue weighted by Crippen LogP contribution is 2.15. The van der Waals surface area contributed by atoms with Crippen LogP contribution >= 0.6 is 11.3 Å². The minimum absolute atomic E-state index is 0.0192. The standard InChI is InChI=1S/C13H11F2N3S/c1-8-7-19-13(18-8)6-17-5-10-11(14)2-9(4-16)3-12(10)15/h2-3,7,17H,5-6H2,1H3. The van der Waals surface area contributed by atoms with Crippen LogP contribution in [0.25, 0.3) is 0 Å². The van der Waals surface area contributed by atoms with Crippen molar-refractivity contribution in [3.8, 4) is 6.07 Å². The maximum Gasteiger partial charge on any atom is 0.131 e. The first-order valence-corrected chi connectivity index (χ1v) is 6.48. The Labute approximate surface area is 113 Å². The molecule has 0 saturated heterocycles. The molecule has 0 aliphatic carbocycles. The summed E-state index contributed by atoms with van der Waals surface area (Å²) in [6, 6.07) is 3.78. The van der Waals surface area contributed by atoms with Crippen LogP contribution in [0.1, 0.15) is 21.8 Å². The van der Waals surface area contributed by atoms with Crippen molar-refractivity contribution in [2.45, 2.75) is 20.0 Å². The van der Waals surface area contributed by atoms with Crippen molar-refractivity contribution in [2.75, 3.05) is 0 Å². The third-order valence-corrected chi connectivity index (χ3v) is 3.48. The molecule has 0 spiro atoms. The van der Waals surface area contributed by atoms with Gasteiger partial charge in [-0.25, -0.2) is 13.8 Å². The third kappa shape index (κ3) is 3.34. The van der Waals surface area contributed by atoms with E-state index in [0.717, 1.165) is 22.8 Å². The number of aromatic nitrogens is 1. The lowest BCUT2D eigenvalue weighted by Crippen LogP contribution is -2.15. The second kappa shape index (κ2) is 5.87. The average Bonchev–Trinajstić information content (AvgIpc) is 2.78. The van der Waals surface area contributed by atoms with Gasteiger partial charge in [0.2, 0.25) is 0 Å². The van der Waals surface area contributed by atoms with Gasteiger partial charge in [0.15, 0.2) is 0 Å². The summed E-state index contributed by atoms with van der Waals surface area (Å²) in [6.45, 7) is 2.40. The molecule has 0 aliphatic rings. The van der Waals surface area contributed by atoms with Crippen LogP contribution in [0.3, 0.4) is 0 Å². The van der Waals surface area contributed by atoms with Gasteiger partial charge in [0.05, 0.1) is 11.6 Å². The number of nitrogens with zero attached hydrogens (tertiary/aromatic N) is 2. The fourth-order valence-corrected chi connectivity index (χ4v) is 2.36. The van der Waals surface area contributed by atoms with E-state index in [4.69, 9.17) is 5.26 Å². The predicted octanol–water partition coefficient (Wildman–Crippen LogP) is 2.89. The highest BCUT2D eigenvalue weighted by Gasteiger charge is 2.11. The number of aryl methyl sites for hydroxylation is 1. The first-order chi connectivity index (χ1) is 9.10. The zero-order valence-corrected chi connectivity index (χ0v) is 11.0. The minimum Gasteiger partial charge on any atom is -0.306 e. The number of hydrogen-bond donors (Lipinski definition) is 1. The number of nitriles is 1. The van der Waals surface area contributed by atoms with Crippen molar-refractivity contribution in [1.82, 2.24) is 10.3 Å². The normalized spacial score (nSPS) is 10.4. The van der Waals surface area contributed by atoms with Crippen LogP contribution < -0.4 is 5.32 Å². The summed E-state index contributed by atoms with van der Waals surface area (Å²) in [5.74, 6) is -1.42. The van der Waals surface area contributed by atoms with E-state index in [0.29, 0.717) is 6.54 Å². The highest BCUT2D eigenvalue weighted by molar-refractivity contribution is 7.09. The SMILES string of the molecule is Cc1csc(CNCc2c(F)cc(C#N)cc2F)n1. The fraction of sp³-hybridized carbons (Fsp3) is 0.231. The van der Waals surface area contributed by atoms with Gasteiger partial charge in [0.1, 0.15) is 16.6 Å². The van der Waals surface area contributed by atoms with E-state index >= 15 is 0 Å². The minimum atomic E-state index is -0.709. The van der Waals surface area contributed by atoms with Crippen molar-refractivity contribution in [2.24, 2.45) is 0 Å². The fourth-order valence-electron chi connectivity index (χ4n) is 1.61. The molecule has 0 aliphatic heterocycles. The second-order valence-electron chi connectivity index (χ2n) is 4.02. The maximum atomic E-state index is 13.6. The van der Waals surface area contributed by atoms with Crippen LogP contribution in [0.15, 0.2) is 17.5 Å². The molecule has 0 radical (unpaired) electrons. The maximum absolute atomic E-state index is 13.6. The van der Waals surface area contributed by atoms with Gasteiger partial charge in [-0.2, -0.15) is 5.26 Å². The number of benzene rings is 1. The zero-order chi connectivity index (χ0) is 13.8. The summed E-state index contributed by atoms with van der Waals surface area (Å²) >= 11 is 1.49. The summed E-state index contributed by atoms with van der Waals surface area (Å²) in [4.78, 5) is 4.24. The Morgan fingerprint density at radius 2 is 2.00 bits per heavy atom. The molecule has 98 valence electrons. The van der Waals surface area contributed by atoms with Crippen molar-refractivity contribution in [1.29, 1.82) is 5.26 Å². The zero-order valence-electron chi connectivity index (χ0n) is 10.2. The Kier molecular flexibility index (Phi) is 4.20. The Morgan fingerprint density at radius 1 is 1.32 bits per heavy atom. The molecule has 2 rings (SSSR count). The van der Waals surface area contributed by atoms with Crippen molar-refractivity contribution in [3.63, 3.8) is 0 Å². The van der Waals surface area contributed by atoms with E-state index in [9.17, 15) is 8.78 Å². The molecule has 0 amide bonds. The smallest absolute Gasteiger partial charge is 0.131 e. The molecule has 3 nitrogen and oxygen atoms in total. The molecule has 0 saturated carbocycles. The van der Waals surface area contributed by atoms with Gasteiger partial charge in [0, 0.05) is 29.7 Å². The molecule has 1 N–H and O–H groups in total. The topological polar surface area (TPSA) is 48.7 Å². The molecule has 0 fully saturated rings. The molecule has 2 aromatic rings. The number of thiazole rings is 1. The van der Waals surface area contributed by atoms with E-state index in [-0.39, 0.29) is 17.7 Å². The molecule has 19 heavy (non-hydrogen) atoms. The van der Waals surface area contributed by atoms with Crippen LogP contribution in [0.4, 0.5) is 8.78 Å². The van der Waals surface area contributed by atoms with Crippen LogP contribution in [0, 0.1) is 29.9 Å². The summed E-state index contributed by atoms with van der Waals surface area (Å²) < 4.78 is 27.2. The van der Waals surface area contributed by atoms with Gasteiger partial charge in [-0.1, -0.05) is 0 Å². The highest BCUT2D eigenvalue weighted by atomic mass is 32.1. The first-order valence-electron chi connectivity index (χ1n) is 5.60. The third-order valence-electron chi connectivity index (χ3n) is 2.51. The molecule has 0 atom stereocenters. The predicted molar refractivity (Wildman–Crippen MR) is 68.5 cm³/mol. The molecule has 1 aromatic carbocycles. The lowest BCUT2D eigenvalue weighted by Gasteiger charge is -2.06. The average molecular weight is 279 g/mol. The number of rotatable bonds is 4. The first kappa shape index (κ1) is 13.6. The van der Waals surface area contributed by atoms with E-state index in [1.807, 2.05) is 12.3 Å². The van der Waals surface area contributed by atoms with E-state index in [1.165, 1.54) is 11.3 Å². The van der Waals surface area contributed by atoms with Crippen molar-refractivity contribution < 1.29 is 8.78 Å². The number of nitrogens with one attached hydrogen (secondary N) is 1. The van der Waals surface area contributed by atoms with Gasteiger partial charge in [-0.05, 0) is 19.1 Å². The van der Waals surface area contributed by atoms with E-state index in [2.05, 4.69) is 10.3 Å².